The maximum absolute atomic E-state index is 11.5. The molecule has 0 aliphatic rings. The molecular formula is C12H19NO4S. The predicted molar refractivity (Wildman–Crippen MR) is 70.8 cm³/mol. The van der Waals surface area contributed by atoms with Crippen LogP contribution in [0.5, 0.6) is 11.5 Å². The Bertz CT molecular complexity index is 787. The third-order valence-electron chi connectivity index (χ3n) is 2.00. The van der Waals surface area contributed by atoms with Gasteiger partial charge in [0, 0.05) is 16.4 Å². The van der Waals surface area contributed by atoms with Gasteiger partial charge in [-0.05, 0) is 24.5 Å². The van der Waals surface area contributed by atoms with Crippen LogP contribution in [0.1, 0.15) is 30.8 Å². The molecule has 1 rings (SSSR count). The molecule has 1 aromatic carbocycles. The average molecular weight is 282 g/mol. The molecule has 0 aliphatic carbocycles. The number of hydrogen-bond donors (Lipinski definition) is 1. The van der Waals surface area contributed by atoms with E-state index in [4.69, 9.17) is 22.8 Å². The summed E-state index contributed by atoms with van der Waals surface area (Å²) in [6.45, 7) is -6.46. The second-order valence-corrected chi connectivity index (χ2v) is 5.70. The summed E-state index contributed by atoms with van der Waals surface area (Å²) in [4.78, 5) is 0. The highest BCUT2D eigenvalue weighted by Gasteiger charge is 2.15. The fraction of sp³-hybridized carbons (Fsp3) is 0.500. The van der Waals surface area contributed by atoms with Gasteiger partial charge in [0.2, 0.25) is 0 Å². The first-order valence-electron chi connectivity index (χ1n) is 9.23. The van der Waals surface area contributed by atoms with Crippen LogP contribution in [-0.4, -0.2) is 34.0 Å². The van der Waals surface area contributed by atoms with Crippen LogP contribution in [0.2, 0.25) is 0 Å². The summed E-state index contributed by atoms with van der Waals surface area (Å²) in [6, 6.07) is 0.780. The van der Waals surface area contributed by atoms with Gasteiger partial charge in [0.1, 0.15) is 9.84 Å². The molecular weight excluding hydrogens is 254 g/mol. The molecule has 0 heterocycles. The van der Waals surface area contributed by atoms with Crippen LogP contribution in [0.15, 0.2) is 18.2 Å². The lowest BCUT2D eigenvalue weighted by molar-refractivity contribution is 0.310. The highest BCUT2D eigenvalue weighted by molar-refractivity contribution is 7.90. The number of ether oxygens (including phenoxy) is 2. The minimum atomic E-state index is -3.68. The zero-order chi connectivity index (χ0) is 21.5. The van der Waals surface area contributed by atoms with Gasteiger partial charge < -0.3 is 15.2 Å². The van der Waals surface area contributed by atoms with Crippen LogP contribution in [0.25, 0.3) is 0 Å². The maximum Gasteiger partial charge on any atom is 0.161 e. The molecule has 0 fully saturated rings. The van der Waals surface area contributed by atoms with Crippen molar-refractivity contribution in [1.82, 2.24) is 0 Å². The van der Waals surface area contributed by atoms with Crippen molar-refractivity contribution in [1.29, 1.82) is 0 Å². The minimum absolute atomic E-state index is 0.179. The zero-order valence-electron chi connectivity index (χ0n) is 18.6. The molecule has 0 aliphatic heterocycles. The summed E-state index contributed by atoms with van der Waals surface area (Å²) in [5, 5.41) is 0. The van der Waals surface area contributed by atoms with Crippen LogP contribution in [0, 0.1) is 0 Å². The molecule has 6 heteroatoms. The van der Waals surface area contributed by atoms with Gasteiger partial charge in [0.25, 0.3) is 0 Å². The van der Waals surface area contributed by atoms with Crippen LogP contribution in [-0.2, 0) is 9.84 Å². The first kappa shape index (κ1) is 6.25. The summed E-state index contributed by atoms with van der Waals surface area (Å²) in [7, 11) is -6.64. The Labute approximate surface area is 120 Å². The summed E-state index contributed by atoms with van der Waals surface area (Å²) in [6.07, 6.45) is 0.861. The van der Waals surface area contributed by atoms with E-state index in [0.717, 1.165) is 24.5 Å². The van der Waals surface area contributed by atoms with Crippen LogP contribution < -0.4 is 15.2 Å². The SMILES string of the molecule is [2H]C([2H])([2H])Oc1ccc(C([2H])(N)CS(C)(=O)=O)cc1OC([2H])([2H])C([2H])([2H])[2H]. The van der Waals surface area contributed by atoms with Crippen molar-refractivity contribution in [2.45, 2.75) is 12.9 Å². The van der Waals surface area contributed by atoms with E-state index in [1.54, 1.807) is 0 Å². The lowest BCUT2D eigenvalue weighted by Gasteiger charge is -2.15. The third-order valence-corrected chi connectivity index (χ3v) is 2.84. The van der Waals surface area contributed by atoms with Gasteiger partial charge in [-0.1, -0.05) is 6.07 Å². The summed E-state index contributed by atoms with van der Waals surface area (Å²) in [5.74, 6) is -1.98. The quantitative estimate of drug-likeness (QED) is 0.846. The van der Waals surface area contributed by atoms with Crippen molar-refractivity contribution < 1.29 is 30.2 Å². The molecule has 18 heavy (non-hydrogen) atoms. The van der Waals surface area contributed by atoms with E-state index in [-0.39, 0.29) is 5.56 Å². The van der Waals surface area contributed by atoms with Gasteiger partial charge in [-0.3, -0.25) is 0 Å². The number of methoxy groups -OCH3 is 1. The Hall–Kier alpha value is -1.27. The second-order valence-electron chi connectivity index (χ2n) is 3.56. The minimum Gasteiger partial charge on any atom is -0.493 e. The largest absolute Gasteiger partial charge is 0.493 e. The number of rotatable bonds is 6. The maximum atomic E-state index is 11.5. The molecule has 1 unspecified atom stereocenters. The van der Waals surface area contributed by atoms with E-state index in [1.807, 2.05) is 0 Å². The topological polar surface area (TPSA) is 78.6 Å². The van der Waals surface area contributed by atoms with E-state index >= 15 is 0 Å². The zero-order valence-corrected chi connectivity index (χ0v) is 10.4. The Morgan fingerprint density at radius 2 is 2.33 bits per heavy atom. The first-order valence-corrected chi connectivity index (χ1v) is 6.79. The summed E-state index contributed by atoms with van der Waals surface area (Å²) in [5.41, 5.74) is 5.52. The van der Waals surface area contributed by atoms with E-state index in [0.29, 0.717) is 0 Å². The second kappa shape index (κ2) is 6.06. The van der Waals surface area contributed by atoms with E-state index in [2.05, 4.69) is 4.74 Å². The van der Waals surface area contributed by atoms with E-state index in [1.165, 1.54) is 0 Å². The molecule has 0 aromatic heterocycles. The van der Waals surface area contributed by atoms with Crippen LogP contribution >= 0.6 is 0 Å². The predicted octanol–water partition coefficient (Wildman–Crippen LogP) is 1.14. The lowest BCUT2D eigenvalue weighted by atomic mass is 10.1. The van der Waals surface area contributed by atoms with Crippen molar-refractivity contribution in [3.05, 3.63) is 23.8 Å². The molecule has 0 saturated heterocycles. The van der Waals surface area contributed by atoms with Crippen LogP contribution in [0.4, 0.5) is 0 Å². The van der Waals surface area contributed by atoms with Crippen LogP contribution in [0.3, 0.4) is 0 Å². The Morgan fingerprint density at radius 3 is 2.94 bits per heavy atom. The number of nitrogens with two attached hydrogens (primary N) is 1. The number of sulfone groups is 1. The average Bonchev–Trinajstić information content (AvgIpc) is 2.34. The lowest BCUT2D eigenvalue weighted by Crippen LogP contribution is -2.20. The highest BCUT2D eigenvalue weighted by atomic mass is 32.2. The fourth-order valence-corrected chi connectivity index (χ4v) is 2.02. The number of hydrogen-bond acceptors (Lipinski definition) is 5. The molecule has 5 nitrogen and oxygen atoms in total. The Balaban J connectivity index is 3.46. The molecule has 0 radical (unpaired) electrons. The van der Waals surface area contributed by atoms with Gasteiger partial charge in [0.15, 0.2) is 11.5 Å². The standard InChI is InChI=1S/C12H19NO4S/c1-4-17-12-7-9(5-6-11(12)16-2)10(13)8-18(3,14)15/h5-7,10H,4,8,13H2,1-3H3/i1D3,2D3,4D2,10D. The first-order chi connectivity index (χ1) is 11.7. The van der Waals surface area contributed by atoms with Crippen molar-refractivity contribution in [2.24, 2.45) is 5.73 Å². The summed E-state index contributed by atoms with van der Waals surface area (Å²) >= 11 is 0. The molecule has 0 amide bonds. The fourth-order valence-electron chi connectivity index (χ4n) is 1.29. The normalized spacial score (nSPS) is 24.4. The number of benzene rings is 1. The molecule has 1 atom stereocenters. The molecule has 2 N–H and O–H groups in total. The van der Waals surface area contributed by atoms with E-state index < -0.39 is 53.6 Å². The Kier molecular flexibility index (Phi) is 2.11. The summed E-state index contributed by atoms with van der Waals surface area (Å²) < 4.78 is 98.3. The molecule has 102 valence electrons. The monoisotopic (exact) mass is 282 g/mol. The van der Waals surface area contributed by atoms with Crippen molar-refractivity contribution in [2.75, 3.05) is 25.6 Å². The molecule has 0 saturated carbocycles. The highest BCUT2D eigenvalue weighted by Crippen LogP contribution is 2.30. The van der Waals surface area contributed by atoms with Gasteiger partial charge in [-0.25, -0.2) is 8.42 Å². The molecule has 0 spiro atoms. The van der Waals surface area contributed by atoms with E-state index in [9.17, 15) is 8.42 Å². The smallest absolute Gasteiger partial charge is 0.161 e. The van der Waals surface area contributed by atoms with Crippen molar-refractivity contribution >= 4 is 9.84 Å². The molecule has 1 aromatic rings. The van der Waals surface area contributed by atoms with Crippen molar-refractivity contribution in [3.63, 3.8) is 0 Å². The van der Waals surface area contributed by atoms with Gasteiger partial charge in [-0.2, -0.15) is 0 Å². The van der Waals surface area contributed by atoms with Crippen molar-refractivity contribution in [3.8, 4) is 11.5 Å². The third kappa shape index (κ3) is 4.19. The Morgan fingerprint density at radius 1 is 1.56 bits per heavy atom. The molecule has 0 bridgehead atoms. The van der Waals surface area contributed by atoms with Gasteiger partial charge >= 0.3 is 0 Å². The van der Waals surface area contributed by atoms with Gasteiger partial charge in [0.05, 0.1) is 27.6 Å². The van der Waals surface area contributed by atoms with Gasteiger partial charge in [-0.15, -0.1) is 0 Å².